The van der Waals surface area contributed by atoms with Crippen molar-refractivity contribution < 1.29 is 14.7 Å². The van der Waals surface area contributed by atoms with Crippen LogP contribution >= 0.6 is 0 Å². The molecule has 0 unspecified atom stereocenters. The highest BCUT2D eigenvalue weighted by molar-refractivity contribution is 5.88. The highest BCUT2D eigenvalue weighted by Crippen LogP contribution is 2.32. The van der Waals surface area contributed by atoms with E-state index in [9.17, 15) is 15.3 Å². The van der Waals surface area contributed by atoms with Gasteiger partial charge < -0.3 is 15.2 Å². The summed E-state index contributed by atoms with van der Waals surface area (Å²) in [6.07, 6.45) is 0. The summed E-state index contributed by atoms with van der Waals surface area (Å²) in [5.41, 5.74) is -1.70. The fourth-order valence-electron chi connectivity index (χ4n) is 1.55. The first-order valence-electron chi connectivity index (χ1n) is 5.31. The number of anilines is 1. The molecular formula is C12H13N2O4-. The Labute approximate surface area is 105 Å². The summed E-state index contributed by atoms with van der Waals surface area (Å²) in [5, 5.41) is 28.8. The summed E-state index contributed by atoms with van der Waals surface area (Å²) in [7, 11) is 0. The molecule has 96 valence electrons. The first kappa shape index (κ1) is 14.0. The lowest BCUT2D eigenvalue weighted by atomic mass is 9.83. The smallest absolute Gasteiger partial charge is 0.330 e. The molecule has 0 aromatic heterocycles. The van der Waals surface area contributed by atoms with Crippen LogP contribution in [0.25, 0.3) is 0 Å². The second-order valence-corrected chi connectivity index (χ2v) is 3.75. The van der Waals surface area contributed by atoms with E-state index < -0.39 is 11.4 Å². The van der Waals surface area contributed by atoms with E-state index in [-0.39, 0.29) is 23.1 Å². The molecule has 0 aliphatic heterocycles. The van der Waals surface area contributed by atoms with Crippen molar-refractivity contribution in [1.82, 2.24) is 0 Å². The zero-order chi connectivity index (χ0) is 13.8. The number of benzene rings is 1. The summed E-state index contributed by atoms with van der Waals surface area (Å²) in [6, 6.07) is 7.65. The quantitative estimate of drug-likeness (QED) is 0.644. The van der Waals surface area contributed by atoms with Crippen LogP contribution in [-0.4, -0.2) is 17.8 Å². The van der Waals surface area contributed by atoms with Crippen LogP contribution in [0.2, 0.25) is 0 Å². The maximum Gasteiger partial charge on any atom is 0.330 e. The van der Waals surface area contributed by atoms with Crippen molar-refractivity contribution >= 4 is 11.7 Å². The summed E-state index contributed by atoms with van der Waals surface area (Å²) in [4.78, 5) is 11.8. The molecule has 0 amide bonds. The predicted octanol–water partition coefficient (Wildman–Crippen LogP) is 1.72. The van der Waals surface area contributed by atoms with E-state index in [1.54, 1.807) is 13.0 Å². The minimum absolute atomic E-state index is 0.100. The van der Waals surface area contributed by atoms with Gasteiger partial charge in [-0.05, 0) is 19.9 Å². The molecule has 0 fully saturated rings. The lowest BCUT2D eigenvalue weighted by Gasteiger charge is -2.29. The van der Waals surface area contributed by atoms with E-state index in [1.807, 2.05) is 6.07 Å². The maximum atomic E-state index is 11.8. The Hall–Kier alpha value is -2.10. The van der Waals surface area contributed by atoms with Crippen molar-refractivity contribution in [1.29, 1.82) is 5.26 Å². The van der Waals surface area contributed by atoms with Crippen LogP contribution in [0.1, 0.15) is 19.4 Å². The van der Waals surface area contributed by atoms with Gasteiger partial charge >= 0.3 is 5.97 Å². The highest BCUT2D eigenvalue weighted by Gasteiger charge is 2.39. The van der Waals surface area contributed by atoms with Gasteiger partial charge in [-0.25, -0.2) is 4.79 Å². The molecule has 18 heavy (non-hydrogen) atoms. The van der Waals surface area contributed by atoms with Gasteiger partial charge in [0.25, 0.3) is 0 Å². The van der Waals surface area contributed by atoms with Gasteiger partial charge in [0.15, 0.2) is 5.41 Å². The molecule has 6 heteroatoms. The molecule has 1 aromatic rings. The molecule has 0 radical (unpaired) electrons. The fourth-order valence-corrected chi connectivity index (χ4v) is 1.55. The molecule has 1 atom stereocenters. The van der Waals surface area contributed by atoms with Crippen molar-refractivity contribution in [3.05, 3.63) is 35.0 Å². The van der Waals surface area contributed by atoms with Crippen LogP contribution < -0.4 is 5.23 Å². The Morgan fingerprint density at radius 2 is 2.22 bits per heavy atom. The van der Waals surface area contributed by atoms with Gasteiger partial charge in [-0.15, -0.1) is 0 Å². The van der Waals surface area contributed by atoms with E-state index >= 15 is 0 Å². The van der Waals surface area contributed by atoms with Crippen molar-refractivity contribution in [2.45, 2.75) is 19.3 Å². The third kappa shape index (κ3) is 2.42. The molecule has 1 rings (SSSR count). The third-order valence-corrected chi connectivity index (χ3v) is 2.56. The largest absolute Gasteiger partial charge is 0.733 e. The van der Waals surface area contributed by atoms with Crippen LogP contribution in [0.4, 0.5) is 5.69 Å². The molecule has 6 nitrogen and oxygen atoms in total. The number of hydrogen-bond donors (Lipinski definition) is 1. The SMILES string of the molecule is CCOC(=O)[C@](C)(C#N)c1ccccc1N([O-])O. The topological polar surface area (TPSA) is 96.6 Å². The van der Waals surface area contributed by atoms with E-state index in [1.165, 1.54) is 25.1 Å². The molecule has 0 heterocycles. The molecule has 0 aliphatic rings. The Morgan fingerprint density at radius 3 is 2.72 bits per heavy atom. The Kier molecular flexibility index (Phi) is 4.26. The van der Waals surface area contributed by atoms with Gasteiger partial charge in [0.1, 0.15) is 0 Å². The number of carbonyl (C=O) groups is 1. The summed E-state index contributed by atoms with van der Waals surface area (Å²) in [5.74, 6) is -0.762. The minimum atomic E-state index is -1.64. The first-order chi connectivity index (χ1) is 8.47. The lowest BCUT2D eigenvalue weighted by molar-refractivity contribution is -0.147. The molecule has 1 N–H and O–H groups in total. The molecule has 0 saturated heterocycles. The second kappa shape index (κ2) is 5.49. The van der Waals surface area contributed by atoms with E-state index in [0.717, 1.165) is 0 Å². The van der Waals surface area contributed by atoms with Gasteiger partial charge in [0.2, 0.25) is 0 Å². The number of rotatable bonds is 4. The standard InChI is InChI=1S/C12H13N2O4/c1-3-18-11(15)12(2,8-13)9-6-4-5-7-10(9)14(16)17/h4-7,16H,3H2,1-2H3/q-1/t12-/m1/s1. The van der Waals surface area contributed by atoms with Crippen LogP contribution in [0.15, 0.2) is 24.3 Å². The van der Waals surface area contributed by atoms with Crippen LogP contribution in [0.3, 0.4) is 0 Å². The molecule has 0 saturated carbocycles. The molecule has 0 bridgehead atoms. The average molecular weight is 249 g/mol. The summed E-state index contributed by atoms with van der Waals surface area (Å²) in [6.45, 7) is 3.08. The summed E-state index contributed by atoms with van der Waals surface area (Å²) < 4.78 is 4.82. The number of ether oxygens (including phenoxy) is 1. The van der Waals surface area contributed by atoms with Crippen molar-refractivity contribution in [2.75, 3.05) is 11.8 Å². The number of hydrogen-bond acceptors (Lipinski definition) is 6. The van der Waals surface area contributed by atoms with E-state index in [0.29, 0.717) is 0 Å². The zero-order valence-corrected chi connectivity index (χ0v) is 10.1. The monoisotopic (exact) mass is 249 g/mol. The molecule has 0 spiro atoms. The second-order valence-electron chi connectivity index (χ2n) is 3.75. The first-order valence-corrected chi connectivity index (χ1v) is 5.31. The normalized spacial score (nSPS) is 13.3. The average Bonchev–Trinajstić information content (AvgIpc) is 2.38. The van der Waals surface area contributed by atoms with E-state index in [4.69, 9.17) is 9.94 Å². The predicted molar refractivity (Wildman–Crippen MR) is 63.7 cm³/mol. The maximum absolute atomic E-state index is 11.8. The molecular weight excluding hydrogens is 236 g/mol. The third-order valence-electron chi connectivity index (χ3n) is 2.56. The lowest BCUT2D eigenvalue weighted by Crippen LogP contribution is -2.34. The van der Waals surface area contributed by atoms with Crippen LogP contribution in [0, 0.1) is 16.5 Å². The van der Waals surface area contributed by atoms with Crippen LogP contribution in [0.5, 0.6) is 0 Å². The highest BCUT2D eigenvalue weighted by atomic mass is 16.8. The van der Waals surface area contributed by atoms with Crippen molar-refractivity contribution in [2.24, 2.45) is 0 Å². The number of nitriles is 1. The Balaban J connectivity index is 3.33. The molecule has 1 aromatic carbocycles. The van der Waals surface area contributed by atoms with Gasteiger partial charge in [0.05, 0.1) is 18.4 Å². The van der Waals surface area contributed by atoms with Crippen LogP contribution in [-0.2, 0) is 14.9 Å². The fraction of sp³-hybridized carbons (Fsp3) is 0.333. The van der Waals surface area contributed by atoms with Gasteiger partial charge in [-0.1, -0.05) is 18.2 Å². The van der Waals surface area contributed by atoms with Gasteiger partial charge in [0, 0.05) is 5.56 Å². The zero-order valence-electron chi connectivity index (χ0n) is 10.1. The Morgan fingerprint density at radius 1 is 1.61 bits per heavy atom. The number of para-hydroxylation sites is 1. The van der Waals surface area contributed by atoms with Crippen molar-refractivity contribution in [3.8, 4) is 6.07 Å². The van der Waals surface area contributed by atoms with Crippen molar-refractivity contribution in [3.63, 3.8) is 0 Å². The Bertz CT molecular complexity index is 481. The number of nitrogens with zero attached hydrogens (tertiary/aromatic N) is 2. The van der Waals surface area contributed by atoms with Gasteiger partial charge in [-0.3, -0.25) is 5.21 Å². The minimum Gasteiger partial charge on any atom is -0.733 e. The van der Waals surface area contributed by atoms with Gasteiger partial charge in [-0.2, -0.15) is 5.26 Å². The number of esters is 1. The van der Waals surface area contributed by atoms with E-state index in [2.05, 4.69) is 0 Å². The summed E-state index contributed by atoms with van der Waals surface area (Å²) >= 11 is 0. The number of carbonyl (C=O) groups excluding carboxylic acids is 1. The molecule has 0 aliphatic carbocycles.